The lowest BCUT2D eigenvalue weighted by atomic mass is 10.2. The highest BCUT2D eigenvalue weighted by Gasteiger charge is 2.29. The topological polar surface area (TPSA) is 82.2 Å². The van der Waals surface area contributed by atoms with Gasteiger partial charge in [-0.3, -0.25) is 0 Å². The summed E-state index contributed by atoms with van der Waals surface area (Å²) in [5, 5.41) is 18.0. The van der Waals surface area contributed by atoms with Gasteiger partial charge in [0.2, 0.25) is 0 Å². The van der Waals surface area contributed by atoms with Crippen LogP contribution in [-0.2, 0) is 0 Å². The second-order valence-corrected chi connectivity index (χ2v) is 5.02. The van der Waals surface area contributed by atoms with Crippen molar-refractivity contribution in [2.24, 2.45) is 0 Å². The van der Waals surface area contributed by atoms with Crippen molar-refractivity contribution in [1.29, 1.82) is 5.26 Å². The number of fused-ring (bicyclic) bond motifs is 1. The van der Waals surface area contributed by atoms with E-state index < -0.39 is 6.09 Å². The average Bonchev–Trinajstić information content (AvgIpc) is 3.00. The van der Waals surface area contributed by atoms with Crippen LogP contribution in [0.5, 0.6) is 0 Å². The molecule has 6 nitrogen and oxygen atoms in total. The summed E-state index contributed by atoms with van der Waals surface area (Å²) < 4.78 is 2.08. The normalized spacial score (nSPS) is 18.4. The Morgan fingerprint density at radius 2 is 2.35 bits per heavy atom. The van der Waals surface area contributed by atoms with Crippen molar-refractivity contribution in [1.82, 2.24) is 14.5 Å². The van der Waals surface area contributed by atoms with Gasteiger partial charge in [0.15, 0.2) is 0 Å². The van der Waals surface area contributed by atoms with Gasteiger partial charge in [0.1, 0.15) is 5.82 Å². The summed E-state index contributed by atoms with van der Waals surface area (Å²) in [5.41, 5.74) is 2.33. The van der Waals surface area contributed by atoms with Crippen molar-refractivity contribution >= 4 is 17.1 Å². The summed E-state index contributed by atoms with van der Waals surface area (Å²) in [6.45, 7) is 2.95. The zero-order valence-corrected chi connectivity index (χ0v) is 11.1. The molecule has 2 aromatic rings. The predicted molar refractivity (Wildman–Crippen MR) is 72.4 cm³/mol. The molecule has 1 saturated heterocycles. The number of nitriles is 1. The van der Waals surface area contributed by atoms with Gasteiger partial charge in [-0.05, 0) is 31.5 Å². The Bertz CT molecular complexity index is 729. The maximum atomic E-state index is 11.0. The molecule has 3 rings (SSSR count). The fourth-order valence-corrected chi connectivity index (χ4v) is 2.88. The molecule has 1 aromatic heterocycles. The molecule has 1 N–H and O–H groups in total. The minimum atomic E-state index is -0.874. The molecule has 1 aliphatic rings. The third kappa shape index (κ3) is 1.88. The number of imidazole rings is 1. The molecule has 102 valence electrons. The number of likely N-dealkylation sites (tertiary alicyclic amines) is 1. The van der Waals surface area contributed by atoms with E-state index >= 15 is 0 Å². The van der Waals surface area contributed by atoms with E-state index in [0.717, 1.165) is 23.3 Å². The second kappa shape index (κ2) is 4.53. The number of amides is 1. The Labute approximate surface area is 115 Å². The molecule has 1 aliphatic heterocycles. The van der Waals surface area contributed by atoms with E-state index in [1.807, 2.05) is 13.0 Å². The molecule has 0 radical (unpaired) electrons. The van der Waals surface area contributed by atoms with Gasteiger partial charge in [-0.15, -0.1) is 0 Å². The number of aryl methyl sites for hydroxylation is 1. The van der Waals surface area contributed by atoms with Crippen LogP contribution in [0.15, 0.2) is 18.2 Å². The molecule has 20 heavy (non-hydrogen) atoms. The Kier molecular flexibility index (Phi) is 2.83. The van der Waals surface area contributed by atoms with Gasteiger partial charge in [-0.1, -0.05) is 0 Å². The Balaban J connectivity index is 2.02. The molecule has 0 saturated carbocycles. The van der Waals surface area contributed by atoms with E-state index in [1.165, 1.54) is 4.90 Å². The standard InChI is InChI=1S/C14H14N4O2/c1-9-16-12-6-10(7-15)2-3-13(12)18(9)11-4-5-17(8-11)14(19)20/h2-3,6,11H,4-5,8H2,1H3,(H,19,20). The molecular weight excluding hydrogens is 256 g/mol. The summed E-state index contributed by atoms with van der Waals surface area (Å²) in [7, 11) is 0. The fraction of sp³-hybridized carbons (Fsp3) is 0.357. The van der Waals surface area contributed by atoms with Crippen molar-refractivity contribution in [3.05, 3.63) is 29.6 Å². The minimum absolute atomic E-state index is 0.115. The summed E-state index contributed by atoms with van der Waals surface area (Å²) in [6.07, 6.45) is -0.0835. The SMILES string of the molecule is Cc1nc2cc(C#N)ccc2n1C1CCN(C(=O)O)C1. The summed E-state index contributed by atoms with van der Waals surface area (Å²) in [4.78, 5) is 16.9. The van der Waals surface area contributed by atoms with E-state index in [0.29, 0.717) is 18.7 Å². The highest BCUT2D eigenvalue weighted by Crippen LogP contribution is 2.28. The second-order valence-electron chi connectivity index (χ2n) is 5.02. The molecule has 6 heteroatoms. The lowest BCUT2D eigenvalue weighted by molar-refractivity contribution is 0.154. The van der Waals surface area contributed by atoms with Crippen molar-refractivity contribution < 1.29 is 9.90 Å². The number of hydrogen-bond acceptors (Lipinski definition) is 3. The van der Waals surface area contributed by atoms with Crippen LogP contribution in [0.1, 0.15) is 23.9 Å². The van der Waals surface area contributed by atoms with Crippen molar-refractivity contribution in [2.75, 3.05) is 13.1 Å². The highest BCUT2D eigenvalue weighted by molar-refractivity contribution is 5.78. The van der Waals surface area contributed by atoms with Gasteiger partial charge in [0.25, 0.3) is 0 Å². The Hall–Kier alpha value is -2.55. The summed E-state index contributed by atoms with van der Waals surface area (Å²) in [6, 6.07) is 7.64. The molecule has 1 atom stereocenters. The van der Waals surface area contributed by atoms with Crippen LogP contribution in [0.2, 0.25) is 0 Å². The Morgan fingerprint density at radius 3 is 3.00 bits per heavy atom. The number of benzene rings is 1. The molecule has 1 amide bonds. The van der Waals surface area contributed by atoms with E-state index in [-0.39, 0.29) is 6.04 Å². The average molecular weight is 270 g/mol. The number of rotatable bonds is 1. The Morgan fingerprint density at radius 1 is 1.55 bits per heavy atom. The van der Waals surface area contributed by atoms with Crippen LogP contribution in [0.25, 0.3) is 11.0 Å². The van der Waals surface area contributed by atoms with Crippen LogP contribution >= 0.6 is 0 Å². The minimum Gasteiger partial charge on any atom is -0.465 e. The van der Waals surface area contributed by atoms with Crippen molar-refractivity contribution in [3.8, 4) is 6.07 Å². The highest BCUT2D eigenvalue weighted by atomic mass is 16.4. The van der Waals surface area contributed by atoms with E-state index in [2.05, 4.69) is 15.6 Å². The largest absolute Gasteiger partial charge is 0.465 e. The van der Waals surface area contributed by atoms with Gasteiger partial charge in [-0.25, -0.2) is 9.78 Å². The lowest BCUT2D eigenvalue weighted by Crippen LogP contribution is -2.27. The molecule has 0 spiro atoms. The first kappa shape index (κ1) is 12.5. The zero-order chi connectivity index (χ0) is 14.3. The number of hydrogen-bond donors (Lipinski definition) is 1. The fourth-order valence-electron chi connectivity index (χ4n) is 2.88. The van der Waals surface area contributed by atoms with Gasteiger partial charge < -0.3 is 14.6 Å². The first-order chi connectivity index (χ1) is 9.60. The van der Waals surface area contributed by atoms with Crippen LogP contribution < -0.4 is 0 Å². The van der Waals surface area contributed by atoms with Gasteiger partial charge in [0.05, 0.1) is 28.7 Å². The van der Waals surface area contributed by atoms with Crippen LogP contribution in [0.3, 0.4) is 0 Å². The number of carboxylic acid groups (broad SMARTS) is 1. The number of aromatic nitrogens is 2. The third-order valence-electron chi connectivity index (χ3n) is 3.79. The van der Waals surface area contributed by atoms with E-state index in [1.54, 1.807) is 12.1 Å². The van der Waals surface area contributed by atoms with Crippen molar-refractivity contribution in [3.63, 3.8) is 0 Å². The van der Waals surface area contributed by atoms with Gasteiger partial charge in [0, 0.05) is 13.1 Å². The van der Waals surface area contributed by atoms with Gasteiger partial charge >= 0.3 is 6.09 Å². The smallest absolute Gasteiger partial charge is 0.407 e. The number of carbonyl (C=O) groups is 1. The maximum Gasteiger partial charge on any atom is 0.407 e. The maximum absolute atomic E-state index is 11.0. The molecule has 1 unspecified atom stereocenters. The predicted octanol–water partition coefficient (Wildman–Crippen LogP) is 2.14. The van der Waals surface area contributed by atoms with Crippen LogP contribution in [0.4, 0.5) is 4.79 Å². The molecule has 2 heterocycles. The van der Waals surface area contributed by atoms with Crippen LogP contribution in [-0.4, -0.2) is 38.7 Å². The van der Waals surface area contributed by atoms with Crippen LogP contribution in [0, 0.1) is 18.3 Å². The summed E-state index contributed by atoms with van der Waals surface area (Å²) in [5.74, 6) is 0.854. The zero-order valence-electron chi connectivity index (χ0n) is 11.1. The van der Waals surface area contributed by atoms with Crippen molar-refractivity contribution in [2.45, 2.75) is 19.4 Å². The third-order valence-corrected chi connectivity index (χ3v) is 3.79. The first-order valence-corrected chi connectivity index (χ1v) is 6.46. The lowest BCUT2D eigenvalue weighted by Gasteiger charge is -2.16. The molecule has 1 fully saturated rings. The molecule has 0 aliphatic carbocycles. The summed E-state index contributed by atoms with van der Waals surface area (Å²) >= 11 is 0. The number of nitrogens with zero attached hydrogens (tertiary/aromatic N) is 4. The monoisotopic (exact) mass is 270 g/mol. The molecule has 0 bridgehead atoms. The molecule has 1 aromatic carbocycles. The van der Waals surface area contributed by atoms with E-state index in [4.69, 9.17) is 10.4 Å². The van der Waals surface area contributed by atoms with E-state index in [9.17, 15) is 4.79 Å². The first-order valence-electron chi connectivity index (χ1n) is 6.46. The van der Waals surface area contributed by atoms with Gasteiger partial charge in [-0.2, -0.15) is 5.26 Å². The molecular formula is C14H14N4O2. The quantitative estimate of drug-likeness (QED) is 0.860.